The van der Waals surface area contributed by atoms with Crippen molar-refractivity contribution in [2.45, 2.75) is 95.2 Å². The molecule has 12 heteroatoms. The lowest BCUT2D eigenvalue weighted by Gasteiger charge is -2.55. The van der Waals surface area contributed by atoms with Gasteiger partial charge in [0.15, 0.2) is 17.4 Å². The fourth-order valence-electron chi connectivity index (χ4n) is 6.77. The predicted molar refractivity (Wildman–Crippen MR) is 137 cm³/mol. The molecule has 42 heavy (non-hydrogen) atoms. The number of fused-ring (bicyclic) bond motifs is 3. The summed E-state index contributed by atoms with van der Waals surface area (Å²) in [6.07, 6.45) is -1.87. The maximum Gasteiger partial charge on any atom is 0.425 e. The lowest BCUT2D eigenvalue weighted by molar-refractivity contribution is -0.488. The molecule has 1 aromatic rings. The highest BCUT2D eigenvalue weighted by molar-refractivity contribution is 5.72. The number of halogens is 6. The third kappa shape index (κ3) is 6.75. The van der Waals surface area contributed by atoms with Crippen LogP contribution in [0.5, 0.6) is 5.75 Å². The largest absolute Gasteiger partial charge is 0.462 e. The predicted octanol–water partition coefficient (Wildman–Crippen LogP) is 7.61. The molecule has 5 fully saturated rings. The van der Waals surface area contributed by atoms with Gasteiger partial charge in [-0.15, -0.1) is 0 Å². The Morgan fingerprint density at radius 3 is 2.05 bits per heavy atom. The Labute approximate surface area is 240 Å². The van der Waals surface area contributed by atoms with Crippen LogP contribution in [0.1, 0.15) is 82.6 Å². The van der Waals surface area contributed by atoms with Gasteiger partial charge in [0.2, 0.25) is 0 Å². The SMILES string of the molecule is CCCC12COC(C3CCC(C(=O)OC4CCC(c5cc(F)c(OC(F)(F)C=C(F)F)c(F)c5)CC4)CC3)(OC1)OC2. The molecule has 0 aromatic heterocycles. The molecule has 2 aliphatic carbocycles. The van der Waals surface area contributed by atoms with E-state index in [9.17, 15) is 31.1 Å². The van der Waals surface area contributed by atoms with E-state index in [-0.39, 0.29) is 40.8 Å². The van der Waals surface area contributed by atoms with Gasteiger partial charge in [-0.25, -0.2) is 8.78 Å². The van der Waals surface area contributed by atoms with Crippen molar-refractivity contribution in [1.29, 1.82) is 0 Å². The summed E-state index contributed by atoms with van der Waals surface area (Å²) in [5.74, 6) is -6.02. The highest BCUT2D eigenvalue weighted by Gasteiger charge is 2.56. The van der Waals surface area contributed by atoms with Crippen LogP contribution >= 0.6 is 0 Å². The molecule has 234 valence electrons. The Bertz CT molecular complexity index is 1110. The molecule has 6 nitrogen and oxygen atoms in total. The first kappa shape index (κ1) is 31.1. The Morgan fingerprint density at radius 2 is 1.52 bits per heavy atom. The molecule has 0 spiro atoms. The van der Waals surface area contributed by atoms with E-state index in [1.807, 2.05) is 0 Å². The number of hydrogen-bond donors (Lipinski definition) is 0. The summed E-state index contributed by atoms with van der Waals surface area (Å²) < 4.78 is 108. The molecule has 0 amide bonds. The molecule has 0 N–H and O–H groups in total. The summed E-state index contributed by atoms with van der Waals surface area (Å²) in [5.41, 5.74) is 0.171. The number of carbonyl (C=O) groups excluding carboxylic acids is 1. The van der Waals surface area contributed by atoms with Gasteiger partial charge in [0.05, 0.1) is 31.8 Å². The van der Waals surface area contributed by atoms with Gasteiger partial charge >= 0.3 is 12.1 Å². The second-order valence-corrected chi connectivity index (χ2v) is 12.1. The van der Waals surface area contributed by atoms with E-state index in [4.69, 9.17) is 18.9 Å². The van der Waals surface area contributed by atoms with E-state index in [1.165, 1.54) is 0 Å². The van der Waals surface area contributed by atoms with Crippen molar-refractivity contribution in [2.24, 2.45) is 17.3 Å². The first-order chi connectivity index (χ1) is 19.9. The maximum absolute atomic E-state index is 14.4. The van der Waals surface area contributed by atoms with Crippen molar-refractivity contribution in [3.63, 3.8) is 0 Å². The van der Waals surface area contributed by atoms with Crippen LogP contribution < -0.4 is 4.74 Å². The zero-order valence-corrected chi connectivity index (χ0v) is 23.5. The quantitative estimate of drug-likeness (QED) is 0.213. The summed E-state index contributed by atoms with van der Waals surface area (Å²) in [6.45, 7) is 4.00. The van der Waals surface area contributed by atoms with Crippen molar-refractivity contribution in [2.75, 3.05) is 19.8 Å². The van der Waals surface area contributed by atoms with Crippen LogP contribution in [0.4, 0.5) is 26.3 Å². The minimum absolute atomic E-state index is 0.0436. The number of rotatable bonds is 9. The number of esters is 1. The number of benzene rings is 1. The molecular formula is C30H36F6O6. The normalized spacial score (nSPS) is 33.2. The van der Waals surface area contributed by atoms with Gasteiger partial charge in [-0.3, -0.25) is 4.79 Å². The van der Waals surface area contributed by atoms with Crippen LogP contribution in [-0.2, 0) is 23.7 Å². The van der Waals surface area contributed by atoms with Crippen molar-refractivity contribution in [1.82, 2.24) is 0 Å². The molecule has 3 heterocycles. The van der Waals surface area contributed by atoms with Crippen molar-refractivity contribution in [3.05, 3.63) is 41.5 Å². The van der Waals surface area contributed by atoms with Gasteiger partial charge in [0.25, 0.3) is 12.1 Å². The van der Waals surface area contributed by atoms with Gasteiger partial charge in [0, 0.05) is 11.3 Å². The molecule has 5 aliphatic rings. The first-order valence-corrected chi connectivity index (χ1v) is 14.6. The van der Waals surface area contributed by atoms with Crippen LogP contribution in [0, 0.1) is 28.9 Å². The third-order valence-electron chi connectivity index (χ3n) is 9.04. The molecule has 3 saturated heterocycles. The number of hydrogen-bond acceptors (Lipinski definition) is 6. The Hall–Kier alpha value is -2.31. The Balaban J connectivity index is 1.08. The molecule has 6 rings (SSSR count). The first-order valence-electron chi connectivity index (χ1n) is 14.6. The summed E-state index contributed by atoms with van der Waals surface area (Å²) in [7, 11) is 0. The summed E-state index contributed by atoms with van der Waals surface area (Å²) in [5, 5.41) is 0. The van der Waals surface area contributed by atoms with Gasteiger partial charge in [-0.2, -0.15) is 17.6 Å². The summed E-state index contributed by atoms with van der Waals surface area (Å²) in [4.78, 5) is 12.9. The second kappa shape index (κ2) is 12.4. The number of carbonyl (C=O) groups is 1. The van der Waals surface area contributed by atoms with Crippen molar-refractivity contribution >= 4 is 5.97 Å². The van der Waals surface area contributed by atoms with Crippen LogP contribution in [0.3, 0.4) is 0 Å². The average molecular weight is 607 g/mol. The van der Waals surface area contributed by atoms with Crippen LogP contribution in [0.2, 0.25) is 0 Å². The van der Waals surface area contributed by atoms with Crippen LogP contribution in [-0.4, -0.2) is 44.0 Å². The average Bonchev–Trinajstić information content (AvgIpc) is 2.96. The standard InChI is InChI=1S/C30H36F6O6/c1-2-11-28-15-38-30(39-16-28,40-17-28)21-7-3-19(4-8-21)27(37)41-22-9-5-18(6-10-22)20-12-23(31)26(24(32)13-20)42-29(35,36)14-25(33)34/h12-14,18-19,21-22H,2-11,15-17H2,1H3. The second-order valence-electron chi connectivity index (χ2n) is 12.1. The molecule has 2 saturated carbocycles. The summed E-state index contributed by atoms with van der Waals surface area (Å²) >= 11 is 0. The minimum atomic E-state index is -4.58. The Morgan fingerprint density at radius 1 is 0.952 bits per heavy atom. The molecular weight excluding hydrogens is 570 g/mol. The van der Waals surface area contributed by atoms with Gasteiger partial charge in [-0.1, -0.05) is 13.3 Å². The minimum Gasteiger partial charge on any atom is -0.462 e. The van der Waals surface area contributed by atoms with Crippen molar-refractivity contribution in [3.8, 4) is 5.75 Å². The molecule has 3 aliphatic heterocycles. The Kier molecular flexibility index (Phi) is 9.16. The van der Waals surface area contributed by atoms with E-state index >= 15 is 0 Å². The monoisotopic (exact) mass is 606 g/mol. The fraction of sp³-hybridized carbons (Fsp3) is 0.700. The van der Waals surface area contributed by atoms with E-state index in [0.29, 0.717) is 58.3 Å². The smallest absolute Gasteiger partial charge is 0.425 e. The number of alkyl halides is 2. The van der Waals surface area contributed by atoms with Gasteiger partial charge in [0.1, 0.15) is 6.10 Å². The zero-order chi connectivity index (χ0) is 30.1. The van der Waals surface area contributed by atoms with Gasteiger partial charge in [-0.05, 0) is 81.4 Å². The molecule has 0 radical (unpaired) electrons. The van der Waals surface area contributed by atoms with Crippen LogP contribution in [0.25, 0.3) is 0 Å². The maximum atomic E-state index is 14.4. The molecule has 2 bridgehead atoms. The van der Waals surface area contributed by atoms with E-state index < -0.39 is 41.6 Å². The molecule has 0 unspecified atom stereocenters. The number of ether oxygens (including phenoxy) is 5. The highest BCUT2D eigenvalue weighted by Crippen LogP contribution is 2.49. The third-order valence-corrected chi connectivity index (χ3v) is 9.04. The van der Waals surface area contributed by atoms with Crippen molar-refractivity contribution < 1.29 is 54.8 Å². The van der Waals surface area contributed by atoms with Crippen LogP contribution in [0.15, 0.2) is 24.3 Å². The van der Waals surface area contributed by atoms with E-state index in [0.717, 1.165) is 37.8 Å². The fourth-order valence-corrected chi connectivity index (χ4v) is 6.77. The van der Waals surface area contributed by atoms with Gasteiger partial charge < -0.3 is 23.7 Å². The molecule has 1 aromatic carbocycles. The lowest BCUT2D eigenvalue weighted by atomic mass is 9.78. The summed E-state index contributed by atoms with van der Waals surface area (Å²) in [6, 6.07) is 1.75. The zero-order valence-electron chi connectivity index (χ0n) is 23.5. The molecule has 0 atom stereocenters. The van der Waals surface area contributed by atoms with E-state index in [2.05, 4.69) is 11.7 Å². The van der Waals surface area contributed by atoms with E-state index in [1.54, 1.807) is 0 Å². The highest BCUT2D eigenvalue weighted by atomic mass is 19.3. The lowest BCUT2D eigenvalue weighted by Crippen LogP contribution is -2.63. The topological polar surface area (TPSA) is 63.2 Å².